The van der Waals surface area contributed by atoms with Gasteiger partial charge in [-0.1, -0.05) is 11.6 Å². The van der Waals surface area contributed by atoms with Gasteiger partial charge in [-0.25, -0.2) is 9.97 Å². The molecule has 174 valence electrons. The number of hydrogen-bond donors (Lipinski definition) is 0. The van der Waals surface area contributed by atoms with E-state index in [1.807, 2.05) is 15.9 Å². The van der Waals surface area contributed by atoms with Crippen molar-refractivity contribution in [3.8, 4) is 0 Å². The highest BCUT2D eigenvalue weighted by Crippen LogP contribution is 2.36. The van der Waals surface area contributed by atoms with E-state index in [0.29, 0.717) is 54.1 Å². The van der Waals surface area contributed by atoms with E-state index in [1.165, 1.54) is 11.3 Å². The topological polar surface area (TPSA) is 66.4 Å². The van der Waals surface area contributed by atoms with Crippen LogP contribution in [0.4, 0.5) is 19.0 Å². The molecule has 1 atom stereocenters. The number of piperazine rings is 1. The fourth-order valence-corrected chi connectivity index (χ4v) is 6.88. The summed E-state index contributed by atoms with van der Waals surface area (Å²) in [6.07, 6.45) is -1.62. The maximum atomic E-state index is 13.4. The van der Waals surface area contributed by atoms with Gasteiger partial charge >= 0.3 is 6.18 Å². The molecule has 12 heteroatoms. The highest BCUT2D eigenvalue weighted by molar-refractivity contribution is 8.00. The van der Waals surface area contributed by atoms with Crippen molar-refractivity contribution in [3.63, 3.8) is 0 Å². The SMILES string of the molecule is C=S1(=O)CCC(C(=O)N2CCN(c3cnc(C(F)(F)F)cn3)CC2c2ccc(Cl)s2)CC1. The van der Waals surface area contributed by atoms with Crippen LogP contribution in [0.2, 0.25) is 4.34 Å². The monoisotopic (exact) mass is 506 g/mol. The Morgan fingerprint density at radius 2 is 1.91 bits per heavy atom. The molecule has 32 heavy (non-hydrogen) atoms. The minimum Gasteiger partial charge on any atom is -0.351 e. The Morgan fingerprint density at radius 1 is 1.19 bits per heavy atom. The molecule has 4 heterocycles. The van der Waals surface area contributed by atoms with Crippen LogP contribution >= 0.6 is 22.9 Å². The molecular formula is C20H22ClF3N4O2S2. The molecule has 4 rings (SSSR count). The molecule has 1 amide bonds. The third-order valence-electron chi connectivity index (χ3n) is 5.86. The molecular weight excluding hydrogens is 485 g/mol. The first-order chi connectivity index (χ1) is 15.0. The van der Waals surface area contributed by atoms with Gasteiger partial charge in [0, 0.05) is 41.9 Å². The minimum absolute atomic E-state index is 0.00701. The highest BCUT2D eigenvalue weighted by atomic mass is 35.5. The molecule has 2 aromatic rings. The van der Waals surface area contributed by atoms with Crippen LogP contribution < -0.4 is 4.90 Å². The number of anilines is 1. The molecule has 1 unspecified atom stereocenters. The zero-order chi connectivity index (χ0) is 23.1. The number of nitrogens with zero attached hydrogens (tertiary/aromatic N) is 4. The number of alkyl halides is 3. The molecule has 0 saturated carbocycles. The quantitative estimate of drug-likeness (QED) is 0.593. The number of halogens is 4. The van der Waals surface area contributed by atoms with Gasteiger partial charge in [-0.2, -0.15) is 13.2 Å². The lowest BCUT2D eigenvalue weighted by molar-refractivity contribution is -0.141. The summed E-state index contributed by atoms with van der Waals surface area (Å²) < 4.78 is 51.2. The first-order valence-electron chi connectivity index (χ1n) is 10.1. The minimum atomic E-state index is -4.55. The summed E-state index contributed by atoms with van der Waals surface area (Å²) in [5.41, 5.74) is -1.05. The lowest BCUT2D eigenvalue weighted by atomic mass is 9.98. The van der Waals surface area contributed by atoms with Gasteiger partial charge in [0.15, 0.2) is 5.69 Å². The van der Waals surface area contributed by atoms with Gasteiger partial charge in [0.05, 0.1) is 22.8 Å². The fourth-order valence-electron chi connectivity index (χ4n) is 4.08. The number of aromatic nitrogens is 2. The van der Waals surface area contributed by atoms with Crippen LogP contribution in [0, 0.1) is 5.92 Å². The third-order valence-corrected chi connectivity index (χ3v) is 9.16. The van der Waals surface area contributed by atoms with Gasteiger partial charge in [0.2, 0.25) is 5.91 Å². The Kier molecular flexibility index (Phi) is 6.43. The van der Waals surface area contributed by atoms with Gasteiger partial charge in [-0.05, 0) is 40.4 Å². The van der Waals surface area contributed by atoms with Crippen molar-refractivity contribution < 1.29 is 22.2 Å². The molecule has 2 aliphatic rings. The lowest BCUT2D eigenvalue weighted by Gasteiger charge is -2.43. The molecule has 2 saturated heterocycles. The van der Waals surface area contributed by atoms with E-state index < -0.39 is 21.4 Å². The van der Waals surface area contributed by atoms with Crippen molar-refractivity contribution in [2.45, 2.75) is 25.1 Å². The number of amides is 1. The molecule has 0 N–H and O–H groups in total. The molecule has 6 nitrogen and oxygen atoms in total. The molecule has 0 spiro atoms. The Hall–Kier alpha value is -1.85. The van der Waals surface area contributed by atoms with E-state index in [-0.39, 0.29) is 17.9 Å². The fraction of sp³-hybridized carbons (Fsp3) is 0.500. The zero-order valence-corrected chi connectivity index (χ0v) is 19.4. The van der Waals surface area contributed by atoms with Crippen LogP contribution in [0.25, 0.3) is 0 Å². The summed E-state index contributed by atoms with van der Waals surface area (Å²) in [6, 6.07) is 3.31. The molecule has 0 aromatic carbocycles. The Balaban J connectivity index is 1.55. The van der Waals surface area contributed by atoms with Gasteiger partial charge in [-0.15, -0.1) is 11.3 Å². The Labute approximate surface area is 193 Å². The van der Waals surface area contributed by atoms with Crippen LogP contribution in [-0.2, 0) is 20.5 Å². The Morgan fingerprint density at radius 3 is 2.47 bits per heavy atom. The van der Waals surface area contributed by atoms with Crippen LogP contribution in [0.1, 0.15) is 29.5 Å². The highest BCUT2D eigenvalue weighted by Gasteiger charge is 2.38. The van der Waals surface area contributed by atoms with Gasteiger partial charge in [0.25, 0.3) is 0 Å². The average Bonchev–Trinajstić information content (AvgIpc) is 3.18. The van der Waals surface area contributed by atoms with Crippen molar-refractivity contribution in [3.05, 3.63) is 39.4 Å². The second kappa shape index (κ2) is 8.83. The summed E-state index contributed by atoms with van der Waals surface area (Å²) in [7, 11) is -2.09. The number of rotatable bonds is 3. The number of carbonyl (C=O) groups is 1. The summed E-state index contributed by atoms with van der Waals surface area (Å²) in [5, 5.41) is 0. The number of hydrogen-bond acceptors (Lipinski definition) is 6. The van der Waals surface area contributed by atoms with Crippen LogP contribution in [0.3, 0.4) is 0 Å². The smallest absolute Gasteiger partial charge is 0.351 e. The molecule has 2 aromatic heterocycles. The number of thiophene rings is 1. The van der Waals surface area contributed by atoms with Crippen LogP contribution in [-0.4, -0.2) is 62.0 Å². The van der Waals surface area contributed by atoms with Gasteiger partial charge in [0.1, 0.15) is 5.82 Å². The molecule has 2 aliphatic heterocycles. The molecule has 0 bridgehead atoms. The third kappa shape index (κ3) is 5.04. The maximum absolute atomic E-state index is 13.4. The van der Waals surface area contributed by atoms with E-state index in [2.05, 4.69) is 15.8 Å². The second-order valence-corrected chi connectivity index (χ2v) is 12.5. The van der Waals surface area contributed by atoms with Crippen LogP contribution in [0.15, 0.2) is 24.5 Å². The van der Waals surface area contributed by atoms with E-state index in [9.17, 15) is 22.2 Å². The van der Waals surface area contributed by atoms with E-state index in [0.717, 1.165) is 17.3 Å². The van der Waals surface area contributed by atoms with Crippen molar-refractivity contribution in [2.75, 3.05) is 36.0 Å². The van der Waals surface area contributed by atoms with Crippen molar-refractivity contribution >= 4 is 50.1 Å². The Bertz CT molecular complexity index is 1080. The van der Waals surface area contributed by atoms with Gasteiger partial charge < -0.3 is 9.80 Å². The largest absolute Gasteiger partial charge is 0.434 e. The standard InChI is InChI=1S/C20H22ClF3N4O2S2/c1-32(30)8-4-13(5-9-32)19(29)28-7-6-27(12-14(28)15-2-3-17(21)31-15)18-11-25-16(10-26-18)20(22,23)24/h2-3,10-11,13-14H,1,4-9,12H2. The van der Waals surface area contributed by atoms with Gasteiger partial charge in [-0.3, -0.25) is 9.00 Å². The van der Waals surface area contributed by atoms with Crippen LogP contribution in [0.5, 0.6) is 0 Å². The van der Waals surface area contributed by atoms with Crippen molar-refractivity contribution in [1.82, 2.24) is 14.9 Å². The van der Waals surface area contributed by atoms with Crippen molar-refractivity contribution in [2.24, 2.45) is 5.92 Å². The van der Waals surface area contributed by atoms with E-state index >= 15 is 0 Å². The molecule has 0 aliphatic carbocycles. The number of carbonyl (C=O) groups excluding carboxylic acids is 1. The summed E-state index contributed by atoms with van der Waals surface area (Å²) in [5.74, 6) is 4.78. The van der Waals surface area contributed by atoms with E-state index in [1.54, 1.807) is 6.07 Å². The summed E-state index contributed by atoms with van der Waals surface area (Å²) >= 11 is 7.50. The van der Waals surface area contributed by atoms with Crippen molar-refractivity contribution in [1.29, 1.82) is 0 Å². The molecule has 0 radical (unpaired) electrons. The zero-order valence-electron chi connectivity index (χ0n) is 17.1. The second-order valence-electron chi connectivity index (χ2n) is 8.04. The first kappa shape index (κ1) is 23.3. The summed E-state index contributed by atoms with van der Waals surface area (Å²) in [6.45, 7) is 1.17. The molecule has 2 fully saturated rings. The first-order valence-corrected chi connectivity index (χ1v) is 13.3. The average molecular weight is 507 g/mol. The summed E-state index contributed by atoms with van der Waals surface area (Å²) in [4.78, 5) is 25.4. The predicted octanol–water partition coefficient (Wildman–Crippen LogP) is 3.73. The predicted molar refractivity (Wildman–Crippen MR) is 121 cm³/mol. The maximum Gasteiger partial charge on any atom is 0.434 e. The van der Waals surface area contributed by atoms with E-state index in [4.69, 9.17) is 11.6 Å². The lowest BCUT2D eigenvalue weighted by Crippen LogP contribution is -2.53. The normalized spacial score (nSPS) is 26.9.